The van der Waals surface area contributed by atoms with Crippen LogP contribution in [0.1, 0.15) is 41.1 Å². The predicted octanol–water partition coefficient (Wildman–Crippen LogP) is 2.75. The van der Waals surface area contributed by atoms with Gasteiger partial charge in [0.1, 0.15) is 17.1 Å². The summed E-state index contributed by atoms with van der Waals surface area (Å²) in [7, 11) is 1.38. The minimum absolute atomic E-state index is 0.341. The van der Waals surface area contributed by atoms with Crippen LogP contribution in [0.3, 0.4) is 0 Å². The number of carbonyl (C=O) groups is 1. The van der Waals surface area contributed by atoms with Gasteiger partial charge in [-0.3, -0.25) is 0 Å². The van der Waals surface area contributed by atoms with Gasteiger partial charge < -0.3 is 14.5 Å². The van der Waals surface area contributed by atoms with Gasteiger partial charge in [-0.15, -0.1) is 0 Å². The summed E-state index contributed by atoms with van der Waals surface area (Å²) in [6.45, 7) is 3.42. The van der Waals surface area contributed by atoms with Gasteiger partial charge in [-0.05, 0) is 32.1 Å². The maximum Gasteiger partial charge on any atom is 0.341 e. The molecule has 0 aliphatic heterocycles. The van der Waals surface area contributed by atoms with E-state index in [0.29, 0.717) is 22.6 Å². The van der Waals surface area contributed by atoms with Crippen molar-refractivity contribution < 1.29 is 13.9 Å². The van der Waals surface area contributed by atoms with Crippen LogP contribution in [0, 0.1) is 6.92 Å². The van der Waals surface area contributed by atoms with Gasteiger partial charge in [-0.25, -0.2) is 4.79 Å². The molecule has 0 unspecified atom stereocenters. The van der Waals surface area contributed by atoms with Gasteiger partial charge in [-0.2, -0.15) is 11.8 Å². The van der Waals surface area contributed by atoms with Crippen molar-refractivity contribution in [3.8, 4) is 0 Å². The van der Waals surface area contributed by atoms with E-state index in [2.05, 4.69) is 11.6 Å². The Bertz CT molecular complexity index is 446. The molecule has 0 spiro atoms. The fourth-order valence-electron chi connectivity index (χ4n) is 2.38. The number of ether oxygens (including phenoxy) is 1. The Kier molecular flexibility index (Phi) is 4.58. The minimum Gasteiger partial charge on any atom is -0.465 e. The molecule has 1 fully saturated rings. The molecule has 0 amide bonds. The fraction of sp³-hybridized carbons (Fsp3) is 0.643. The zero-order valence-corrected chi connectivity index (χ0v) is 12.6. The van der Waals surface area contributed by atoms with E-state index < -0.39 is 0 Å². The Hall–Kier alpha value is -0.940. The van der Waals surface area contributed by atoms with E-state index in [1.807, 2.05) is 11.8 Å². The molecule has 1 heterocycles. The molecule has 19 heavy (non-hydrogen) atoms. The Labute approximate surface area is 118 Å². The number of esters is 1. The first kappa shape index (κ1) is 14.5. The molecular formula is C14H21NO3S. The summed E-state index contributed by atoms with van der Waals surface area (Å²) in [6, 6.07) is 1.76. The maximum atomic E-state index is 11.5. The fourth-order valence-corrected chi connectivity index (χ4v) is 3.32. The van der Waals surface area contributed by atoms with Gasteiger partial charge in [0.15, 0.2) is 0 Å². The first-order chi connectivity index (χ1) is 9.10. The van der Waals surface area contributed by atoms with Crippen LogP contribution in [0.15, 0.2) is 10.5 Å². The molecule has 2 rings (SSSR count). The molecule has 0 atom stereocenters. The van der Waals surface area contributed by atoms with Gasteiger partial charge in [-0.1, -0.05) is 6.42 Å². The van der Waals surface area contributed by atoms with Crippen molar-refractivity contribution in [2.75, 3.05) is 19.9 Å². The lowest BCUT2D eigenvalue weighted by Crippen LogP contribution is -2.43. The normalized spacial score (nSPS) is 17.0. The summed E-state index contributed by atoms with van der Waals surface area (Å²) in [5, 5.41) is 3.43. The number of methoxy groups -OCH3 is 1. The number of hydrogen-bond acceptors (Lipinski definition) is 5. The summed E-state index contributed by atoms with van der Waals surface area (Å²) in [6.07, 6.45) is 6.07. The highest BCUT2D eigenvalue weighted by Gasteiger charge is 2.35. The molecule has 1 aliphatic rings. The summed E-state index contributed by atoms with van der Waals surface area (Å²) in [5.74, 6) is 1.06. The third-order valence-electron chi connectivity index (χ3n) is 3.82. The van der Waals surface area contributed by atoms with Crippen LogP contribution in [-0.4, -0.2) is 30.6 Å². The molecule has 1 aromatic heterocycles. The Balaban J connectivity index is 1.88. The Morgan fingerprint density at radius 2 is 2.32 bits per heavy atom. The van der Waals surface area contributed by atoms with Gasteiger partial charge in [0.25, 0.3) is 0 Å². The quantitative estimate of drug-likeness (QED) is 0.814. The predicted molar refractivity (Wildman–Crippen MR) is 76.6 cm³/mol. The number of thioether (sulfide) groups is 1. The molecule has 4 nitrogen and oxygen atoms in total. The topological polar surface area (TPSA) is 51.5 Å². The van der Waals surface area contributed by atoms with Crippen molar-refractivity contribution in [3.05, 3.63) is 23.2 Å². The number of rotatable bonds is 6. The molecule has 106 valence electrons. The molecule has 5 heteroatoms. The molecular weight excluding hydrogens is 262 g/mol. The van der Waals surface area contributed by atoms with Crippen LogP contribution in [0.2, 0.25) is 0 Å². The third-order valence-corrected chi connectivity index (χ3v) is 5.24. The first-order valence-corrected chi connectivity index (χ1v) is 7.76. The second kappa shape index (κ2) is 6.01. The Morgan fingerprint density at radius 1 is 1.58 bits per heavy atom. The molecule has 1 N–H and O–H groups in total. The SMILES string of the molecule is COC(=O)c1cc(CNCC2(SC)CCC2)oc1C. The van der Waals surface area contributed by atoms with Crippen molar-refractivity contribution in [2.45, 2.75) is 37.5 Å². The molecule has 0 aromatic carbocycles. The molecule has 1 aliphatic carbocycles. The number of nitrogens with one attached hydrogen (secondary N) is 1. The highest BCUT2D eigenvalue weighted by molar-refractivity contribution is 8.00. The Morgan fingerprint density at radius 3 is 2.84 bits per heavy atom. The van der Waals surface area contributed by atoms with Gasteiger partial charge in [0.05, 0.1) is 13.7 Å². The van der Waals surface area contributed by atoms with Gasteiger partial charge in [0.2, 0.25) is 0 Å². The van der Waals surface area contributed by atoms with Crippen LogP contribution in [0.25, 0.3) is 0 Å². The second-order valence-corrected chi connectivity index (χ2v) is 6.29. The van der Waals surface area contributed by atoms with E-state index in [9.17, 15) is 4.79 Å². The largest absolute Gasteiger partial charge is 0.465 e. The number of aryl methyl sites for hydroxylation is 1. The average Bonchev–Trinajstić information content (AvgIpc) is 2.73. The maximum absolute atomic E-state index is 11.5. The van der Waals surface area contributed by atoms with Gasteiger partial charge in [0, 0.05) is 11.3 Å². The van der Waals surface area contributed by atoms with Crippen LogP contribution >= 0.6 is 11.8 Å². The van der Waals surface area contributed by atoms with Crippen molar-refractivity contribution in [1.82, 2.24) is 5.32 Å². The van der Waals surface area contributed by atoms with Crippen molar-refractivity contribution in [2.24, 2.45) is 0 Å². The molecule has 1 saturated carbocycles. The molecule has 0 saturated heterocycles. The number of hydrogen-bond donors (Lipinski definition) is 1. The van der Waals surface area contributed by atoms with E-state index >= 15 is 0 Å². The van der Waals surface area contributed by atoms with Crippen molar-refractivity contribution >= 4 is 17.7 Å². The highest BCUT2D eigenvalue weighted by Crippen LogP contribution is 2.42. The van der Waals surface area contributed by atoms with E-state index in [0.717, 1.165) is 12.3 Å². The van der Waals surface area contributed by atoms with Crippen LogP contribution in [-0.2, 0) is 11.3 Å². The highest BCUT2D eigenvalue weighted by atomic mass is 32.2. The summed E-state index contributed by atoms with van der Waals surface area (Å²) in [5.41, 5.74) is 0.516. The lowest BCUT2D eigenvalue weighted by Gasteiger charge is -2.40. The van der Waals surface area contributed by atoms with E-state index in [4.69, 9.17) is 9.15 Å². The summed E-state index contributed by atoms with van der Waals surface area (Å²) < 4.78 is 10.7. The third kappa shape index (κ3) is 3.15. The van der Waals surface area contributed by atoms with E-state index in [1.165, 1.54) is 26.4 Å². The monoisotopic (exact) mass is 283 g/mol. The lowest BCUT2D eigenvalue weighted by atomic mass is 9.84. The molecule has 0 radical (unpaired) electrons. The second-order valence-electron chi connectivity index (χ2n) is 5.02. The standard InChI is InChI=1S/C14H21NO3S/c1-10-12(13(16)17-2)7-11(18-10)8-15-9-14(19-3)5-4-6-14/h7,15H,4-6,8-9H2,1-3H3. The minimum atomic E-state index is -0.341. The van der Waals surface area contributed by atoms with Crippen LogP contribution < -0.4 is 5.32 Å². The van der Waals surface area contributed by atoms with Crippen molar-refractivity contribution in [3.63, 3.8) is 0 Å². The first-order valence-electron chi connectivity index (χ1n) is 6.54. The lowest BCUT2D eigenvalue weighted by molar-refractivity contribution is 0.0599. The zero-order chi connectivity index (χ0) is 13.9. The van der Waals surface area contributed by atoms with Crippen molar-refractivity contribution in [1.29, 1.82) is 0 Å². The van der Waals surface area contributed by atoms with E-state index in [1.54, 1.807) is 13.0 Å². The van der Waals surface area contributed by atoms with Gasteiger partial charge >= 0.3 is 5.97 Å². The molecule has 1 aromatic rings. The number of furan rings is 1. The van der Waals surface area contributed by atoms with Crippen LogP contribution in [0.5, 0.6) is 0 Å². The summed E-state index contributed by atoms with van der Waals surface area (Å²) in [4.78, 5) is 11.5. The number of carbonyl (C=O) groups excluding carboxylic acids is 1. The average molecular weight is 283 g/mol. The van der Waals surface area contributed by atoms with Crippen LogP contribution in [0.4, 0.5) is 0 Å². The summed E-state index contributed by atoms with van der Waals surface area (Å²) >= 11 is 1.94. The smallest absolute Gasteiger partial charge is 0.341 e. The molecule has 0 bridgehead atoms. The van der Waals surface area contributed by atoms with E-state index in [-0.39, 0.29) is 5.97 Å². The zero-order valence-electron chi connectivity index (χ0n) is 11.7.